The number of carbonyl (C=O) groups is 5. The number of hydrogen-bond acceptors (Lipinski definition) is 7. The van der Waals surface area contributed by atoms with E-state index < -0.39 is 29.7 Å². The van der Waals surface area contributed by atoms with Gasteiger partial charge in [0.15, 0.2) is 0 Å². The van der Waals surface area contributed by atoms with Crippen molar-refractivity contribution in [2.45, 2.75) is 13.0 Å². The Hall–Kier alpha value is -4.19. The molecule has 0 aromatic heterocycles. The van der Waals surface area contributed by atoms with Gasteiger partial charge in [-0.3, -0.25) is 24.0 Å². The van der Waals surface area contributed by atoms with E-state index in [0.717, 1.165) is 16.5 Å². The minimum absolute atomic E-state index is 0.233. The first-order valence-corrected chi connectivity index (χ1v) is 11.5. The molecule has 0 heterocycles. The fourth-order valence-corrected chi connectivity index (χ4v) is 3.14. The minimum Gasteiger partial charge on any atom is -0.372 e. The second kappa shape index (κ2) is 14.3. The van der Waals surface area contributed by atoms with Crippen LogP contribution in [0.15, 0.2) is 42.5 Å². The normalized spacial score (nSPS) is 11.2. The van der Waals surface area contributed by atoms with Crippen LogP contribution in [0.25, 0.3) is 10.8 Å². The van der Waals surface area contributed by atoms with Crippen molar-refractivity contribution in [2.24, 2.45) is 5.73 Å². The van der Waals surface area contributed by atoms with Crippen LogP contribution >= 0.6 is 0 Å². The molecule has 0 unspecified atom stereocenters. The molecule has 7 N–H and O–H groups in total. The molecule has 0 aliphatic heterocycles. The molecule has 0 aliphatic rings. The molecule has 2 aromatic rings. The van der Waals surface area contributed by atoms with E-state index in [9.17, 15) is 24.0 Å². The Labute approximate surface area is 209 Å². The predicted molar refractivity (Wildman–Crippen MR) is 136 cm³/mol. The molecule has 0 bridgehead atoms. The lowest BCUT2D eigenvalue weighted by molar-refractivity contribution is -0.129. The minimum atomic E-state index is -0.752. The highest BCUT2D eigenvalue weighted by Gasteiger charge is 2.12. The van der Waals surface area contributed by atoms with Crippen molar-refractivity contribution in [3.63, 3.8) is 0 Å². The molecule has 0 saturated heterocycles. The molecule has 12 heteroatoms. The molecule has 12 nitrogen and oxygen atoms in total. The number of fused-ring (bicyclic) bond motifs is 1. The molecule has 2 rings (SSSR count). The van der Waals surface area contributed by atoms with E-state index in [-0.39, 0.29) is 32.1 Å². The second-order valence-corrected chi connectivity index (χ2v) is 8.11. The molecule has 1 atom stereocenters. The number of rotatable bonds is 13. The number of benzene rings is 2. The van der Waals surface area contributed by atoms with Gasteiger partial charge < -0.3 is 37.2 Å². The van der Waals surface area contributed by atoms with Gasteiger partial charge in [0.05, 0.1) is 32.2 Å². The van der Waals surface area contributed by atoms with Crippen molar-refractivity contribution < 1.29 is 24.0 Å². The van der Waals surface area contributed by atoms with Gasteiger partial charge in [0.1, 0.15) is 0 Å². The van der Waals surface area contributed by atoms with Gasteiger partial charge >= 0.3 is 0 Å². The van der Waals surface area contributed by atoms with E-state index in [1.807, 2.05) is 54.4 Å². The number of likely N-dealkylation sites (N-methyl/N-ethyl adjacent to an activating group) is 1. The molecule has 194 valence electrons. The number of amides is 5. The van der Waals surface area contributed by atoms with Crippen molar-refractivity contribution in [1.82, 2.24) is 26.6 Å². The van der Waals surface area contributed by atoms with Crippen molar-refractivity contribution in [3.05, 3.63) is 42.5 Å². The van der Waals surface area contributed by atoms with Gasteiger partial charge in [-0.2, -0.15) is 0 Å². The maximum atomic E-state index is 12.0. The summed E-state index contributed by atoms with van der Waals surface area (Å²) in [6, 6.07) is 13.3. The fourth-order valence-electron chi connectivity index (χ4n) is 3.14. The topological polar surface area (TPSA) is 175 Å². The first kappa shape index (κ1) is 28.1. The summed E-state index contributed by atoms with van der Waals surface area (Å²) in [7, 11) is 1.94. The van der Waals surface area contributed by atoms with Crippen molar-refractivity contribution in [1.29, 1.82) is 0 Å². The summed E-state index contributed by atoms with van der Waals surface area (Å²) < 4.78 is 0. The van der Waals surface area contributed by atoms with Crippen molar-refractivity contribution in [2.75, 3.05) is 51.2 Å². The Morgan fingerprint density at radius 3 is 1.83 bits per heavy atom. The number of nitrogens with one attached hydrogen (secondary N) is 5. The largest absolute Gasteiger partial charge is 0.372 e. The lowest BCUT2D eigenvalue weighted by atomic mass is 10.1. The Bertz CT molecular complexity index is 1080. The lowest BCUT2D eigenvalue weighted by Crippen LogP contribution is -2.47. The summed E-state index contributed by atoms with van der Waals surface area (Å²) in [4.78, 5) is 60.6. The molecule has 2 aromatic carbocycles. The van der Waals surface area contributed by atoms with Gasteiger partial charge in [0, 0.05) is 31.2 Å². The molecular formula is C24H33N7O5. The van der Waals surface area contributed by atoms with E-state index in [1.54, 1.807) is 0 Å². The zero-order valence-corrected chi connectivity index (χ0v) is 20.4. The van der Waals surface area contributed by atoms with Crippen LogP contribution in [0.1, 0.15) is 6.92 Å². The summed E-state index contributed by atoms with van der Waals surface area (Å²) in [5, 5.41) is 14.3. The van der Waals surface area contributed by atoms with Gasteiger partial charge in [-0.15, -0.1) is 0 Å². The third-order valence-corrected chi connectivity index (χ3v) is 5.12. The van der Waals surface area contributed by atoms with Gasteiger partial charge in [-0.1, -0.05) is 36.4 Å². The number of carbonyl (C=O) groups excluding carboxylic acids is 5. The molecule has 5 amide bonds. The summed E-state index contributed by atoms with van der Waals surface area (Å²) in [6.45, 7) is 1.16. The maximum absolute atomic E-state index is 12.0. The highest BCUT2D eigenvalue weighted by Crippen LogP contribution is 2.25. The average molecular weight is 500 g/mol. The van der Waals surface area contributed by atoms with Crippen LogP contribution in [-0.2, 0) is 24.0 Å². The van der Waals surface area contributed by atoms with Crippen LogP contribution in [0.4, 0.5) is 5.69 Å². The second-order valence-electron chi connectivity index (χ2n) is 8.11. The SMILES string of the molecule is C[C@H](N)C(=O)NCC(=O)NCC(=O)NCC(=O)NCC(=O)NCCN(C)c1cccc2ccccc12. The molecule has 0 radical (unpaired) electrons. The van der Waals surface area contributed by atoms with Gasteiger partial charge in [0.2, 0.25) is 29.5 Å². The fraction of sp³-hybridized carbons (Fsp3) is 0.375. The van der Waals surface area contributed by atoms with Crippen LogP contribution in [0, 0.1) is 0 Å². The lowest BCUT2D eigenvalue weighted by Gasteiger charge is -2.21. The van der Waals surface area contributed by atoms with E-state index in [1.165, 1.54) is 6.92 Å². The van der Waals surface area contributed by atoms with Crippen LogP contribution < -0.4 is 37.2 Å². The molecule has 36 heavy (non-hydrogen) atoms. The highest BCUT2D eigenvalue weighted by molar-refractivity contribution is 5.94. The standard InChI is InChI=1S/C24H33N7O5/c1-16(25)24(36)30-15-23(35)29-14-22(34)28-13-21(33)27-12-20(32)26-10-11-31(2)19-9-5-7-17-6-3-4-8-18(17)19/h3-9,16H,10-15,25H2,1-2H3,(H,26,32)(H,27,33)(H,28,34)(H,29,35)(H,30,36)/t16-/m0/s1. The molecule has 0 saturated carbocycles. The highest BCUT2D eigenvalue weighted by atomic mass is 16.2. The number of nitrogens with two attached hydrogens (primary N) is 1. The quantitative estimate of drug-likeness (QED) is 0.189. The molecule has 0 fully saturated rings. The number of anilines is 1. The number of hydrogen-bond donors (Lipinski definition) is 6. The third-order valence-electron chi connectivity index (χ3n) is 5.12. The summed E-state index contributed by atoms with van der Waals surface area (Å²) in [5.74, 6) is -2.58. The predicted octanol–water partition coefficient (Wildman–Crippen LogP) is -1.80. The van der Waals surface area contributed by atoms with Crippen molar-refractivity contribution in [3.8, 4) is 0 Å². The number of nitrogens with zero attached hydrogens (tertiary/aromatic N) is 1. The van der Waals surface area contributed by atoms with Crippen LogP contribution in [0.5, 0.6) is 0 Å². The third kappa shape index (κ3) is 9.58. The molecule has 0 aliphatic carbocycles. The van der Waals surface area contributed by atoms with Gasteiger partial charge in [-0.25, -0.2) is 0 Å². The van der Waals surface area contributed by atoms with Crippen LogP contribution in [-0.4, -0.2) is 81.9 Å². The Morgan fingerprint density at radius 1 is 0.750 bits per heavy atom. The first-order chi connectivity index (χ1) is 17.2. The zero-order chi connectivity index (χ0) is 26.5. The molecule has 0 spiro atoms. The summed E-state index contributed by atoms with van der Waals surface area (Å²) >= 11 is 0. The monoisotopic (exact) mass is 499 g/mol. The van der Waals surface area contributed by atoms with E-state index in [2.05, 4.69) is 26.6 Å². The molecular weight excluding hydrogens is 466 g/mol. The van der Waals surface area contributed by atoms with Gasteiger partial charge in [-0.05, 0) is 18.4 Å². The maximum Gasteiger partial charge on any atom is 0.239 e. The van der Waals surface area contributed by atoms with Gasteiger partial charge in [0.25, 0.3) is 0 Å². The van der Waals surface area contributed by atoms with Crippen LogP contribution in [0.3, 0.4) is 0 Å². The smallest absolute Gasteiger partial charge is 0.239 e. The van der Waals surface area contributed by atoms with Crippen LogP contribution in [0.2, 0.25) is 0 Å². The Morgan fingerprint density at radius 2 is 1.25 bits per heavy atom. The summed E-state index contributed by atoms with van der Waals surface area (Å²) in [5.41, 5.74) is 6.41. The summed E-state index contributed by atoms with van der Waals surface area (Å²) in [6.07, 6.45) is 0. The van der Waals surface area contributed by atoms with E-state index in [0.29, 0.717) is 13.1 Å². The zero-order valence-electron chi connectivity index (χ0n) is 20.4. The Kier molecular flexibility index (Phi) is 11.1. The average Bonchev–Trinajstić information content (AvgIpc) is 2.87. The van der Waals surface area contributed by atoms with Crippen molar-refractivity contribution >= 4 is 46.0 Å². The Balaban J connectivity index is 1.59. The first-order valence-electron chi connectivity index (χ1n) is 11.5. The van der Waals surface area contributed by atoms with E-state index >= 15 is 0 Å². The van der Waals surface area contributed by atoms with E-state index in [4.69, 9.17) is 5.73 Å².